The molecular formula is C6H14NS+. The molecule has 0 radical (unpaired) electrons. The number of rotatable bonds is 2. The Morgan fingerprint density at radius 1 is 1.88 bits per heavy atom. The zero-order valence-corrected chi connectivity index (χ0v) is 6.22. The first-order chi connectivity index (χ1) is 3.75. The summed E-state index contributed by atoms with van der Waals surface area (Å²) in [6.45, 7) is 2.14. The van der Waals surface area contributed by atoms with E-state index in [4.69, 9.17) is 5.73 Å². The predicted octanol–water partition coefficient (Wildman–Crippen LogP) is 0.124. The minimum Gasteiger partial charge on any atom is -0.327 e. The molecule has 0 bridgehead atoms. The SMILES string of the molecule is CCC(N)C1CC1[SH2+]. The fraction of sp³-hybridized carbons (Fsp3) is 1.00. The molecule has 0 aliphatic heterocycles. The quantitative estimate of drug-likeness (QED) is 0.531. The van der Waals surface area contributed by atoms with Crippen molar-refractivity contribution in [2.24, 2.45) is 11.7 Å². The molecule has 1 nitrogen and oxygen atoms in total. The second-order valence-corrected chi connectivity index (χ2v) is 3.32. The van der Waals surface area contributed by atoms with Crippen LogP contribution in [0.3, 0.4) is 0 Å². The van der Waals surface area contributed by atoms with Gasteiger partial charge in [0, 0.05) is 18.4 Å². The van der Waals surface area contributed by atoms with E-state index >= 15 is 0 Å². The molecule has 3 unspecified atom stereocenters. The Labute approximate surface area is 56.1 Å². The van der Waals surface area contributed by atoms with E-state index in [9.17, 15) is 0 Å². The minimum atomic E-state index is 0.442. The van der Waals surface area contributed by atoms with Crippen molar-refractivity contribution in [3.63, 3.8) is 0 Å². The van der Waals surface area contributed by atoms with E-state index in [2.05, 4.69) is 19.6 Å². The van der Waals surface area contributed by atoms with Gasteiger partial charge in [0.2, 0.25) is 0 Å². The van der Waals surface area contributed by atoms with Gasteiger partial charge in [-0.1, -0.05) is 6.92 Å². The Bertz CT molecular complexity index is 82.6. The summed E-state index contributed by atoms with van der Waals surface area (Å²) in [6.07, 6.45) is 2.40. The Morgan fingerprint density at radius 2 is 2.38 bits per heavy atom. The molecule has 0 aromatic rings. The van der Waals surface area contributed by atoms with E-state index in [0.29, 0.717) is 6.04 Å². The highest BCUT2D eigenvalue weighted by Gasteiger charge is 2.43. The third-order valence-electron chi connectivity index (χ3n) is 1.86. The van der Waals surface area contributed by atoms with E-state index in [1.54, 1.807) is 0 Å². The molecule has 3 atom stereocenters. The second kappa shape index (κ2) is 2.28. The molecule has 0 amide bonds. The summed E-state index contributed by atoms with van der Waals surface area (Å²) in [5.41, 5.74) is 5.74. The molecule has 8 heavy (non-hydrogen) atoms. The van der Waals surface area contributed by atoms with E-state index in [-0.39, 0.29) is 0 Å². The first kappa shape index (κ1) is 6.43. The lowest BCUT2D eigenvalue weighted by Gasteiger charge is -2.02. The Morgan fingerprint density at radius 3 is 2.50 bits per heavy atom. The molecule has 1 rings (SSSR count). The molecule has 0 saturated heterocycles. The lowest BCUT2D eigenvalue weighted by Crippen LogP contribution is -2.22. The molecule has 2 heteroatoms. The van der Waals surface area contributed by atoms with Crippen LogP contribution in [-0.4, -0.2) is 11.3 Å². The van der Waals surface area contributed by atoms with Crippen LogP contribution >= 0.6 is 0 Å². The van der Waals surface area contributed by atoms with Crippen LogP contribution in [0.5, 0.6) is 0 Å². The van der Waals surface area contributed by atoms with Crippen molar-refractivity contribution < 1.29 is 0 Å². The van der Waals surface area contributed by atoms with Crippen molar-refractivity contribution >= 4 is 12.6 Å². The Kier molecular flexibility index (Phi) is 1.83. The summed E-state index contributed by atoms with van der Waals surface area (Å²) in [5, 5.41) is 0.727. The largest absolute Gasteiger partial charge is 0.327 e. The lowest BCUT2D eigenvalue weighted by molar-refractivity contribution is 0.579. The maximum absolute atomic E-state index is 5.74. The third-order valence-corrected chi connectivity index (χ3v) is 2.52. The van der Waals surface area contributed by atoms with E-state index < -0.39 is 0 Å². The van der Waals surface area contributed by atoms with Crippen molar-refractivity contribution in [3.05, 3.63) is 0 Å². The van der Waals surface area contributed by atoms with Gasteiger partial charge >= 0.3 is 0 Å². The van der Waals surface area contributed by atoms with Crippen LogP contribution in [0.2, 0.25) is 0 Å². The summed E-state index contributed by atoms with van der Waals surface area (Å²) in [6, 6.07) is 0.442. The van der Waals surface area contributed by atoms with Crippen LogP contribution in [0.1, 0.15) is 19.8 Å². The fourth-order valence-corrected chi connectivity index (χ4v) is 1.51. The molecule has 1 saturated carbocycles. The van der Waals surface area contributed by atoms with Crippen molar-refractivity contribution in [2.45, 2.75) is 31.1 Å². The average molecular weight is 132 g/mol. The van der Waals surface area contributed by atoms with Gasteiger partial charge in [-0.15, -0.1) is 0 Å². The molecule has 1 aliphatic carbocycles. The highest BCUT2D eigenvalue weighted by molar-refractivity contribution is 7.59. The van der Waals surface area contributed by atoms with E-state index in [0.717, 1.165) is 17.6 Å². The average Bonchev–Trinajstić information content (AvgIpc) is 2.45. The molecule has 1 aliphatic rings. The van der Waals surface area contributed by atoms with Crippen LogP contribution in [0.15, 0.2) is 0 Å². The standard InChI is InChI=1S/C6H13NS/c1-2-5(7)4-3-6(4)8/h4-6,8H,2-3,7H2,1H3/p+1. The first-order valence-electron chi connectivity index (χ1n) is 3.22. The Hall–Kier alpha value is 0.310. The molecule has 48 valence electrons. The molecule has 0 aromatic carbocycles. The third kappa shape index (κ3) is 1.17. The topological polar surface area (TPSA) is 26.0 Å². The van der Waals surface area contributed by atoms with E-state index in [1.165, 1.54) is 6.42 Å². The smallest absolute Gasteiger partial charge is 0.118 e. The predicted molar refractivity (Wildman–Crippen MR) is 40.3 cm³/mol. The summed E-state index contributed by atoms with van der Waals surface area (Å²) < 4.78 is 0. The van der Waals surface area contributed by atoms with Crippen LogP contribution < -0.4 is 5.73 Å². The van der Waals surface area contributed by atoms with Gasteiger partial charge in [0.15, 0.2) is 0 Å². The van der Waals surface area contributed by atoms with Gasteiger partial charge in [-0.25, -0.2) is 0 Å². The molecule has 0 aromatic heterocycles. The van der Waals surface area contributed by atoms with Gasteiger partial charge in [-0.2, -0.15) is 0 Å². The first-order valence-corrected chi connectivity index (χ1v) is 3.80. The monoisotopic (exact) mass is 132 g/mol. The molecular weight excluding hydrogens is 118 g/mol. The van der Waals surface area contributed by atoms with E-state index in [1.807, 2.05) is 0 Å². The summed E-state index contributed by atoms with van der Waals surface area (Å²) in [5.74, 6) is 0.775. The maximum Gasteiger partial charge on any atom is 0.118 e. The zero-order valence-electron chi connectivity index (χ0n) is 5.22. The summed E-state index contributed by atoms with van der Waals surface area (Å²) in [7, 11) is 0. The molecule has 0 spiro atoms. The maximum atomic E-state index is 5.74. The van der Waals surface area contributed by atoms with Gasteiger partial charge in [-0.3, -0.25) is 0 Å². The van der Waals surface area contributed by atoms with Crippen LogP contribution in [-0.2, 0) is 12.6 Å². The number of nitrogens with two attached hydrogens (primary N) is 1. The normalized spacial score (nSPS) is 39.4. The van der Waals surface area contributed by atoms with Gasteiger partial charge in [-0.05, 0) is 19.0 Å². The molecule has 1 fully saturated rings. The van der Waals surface area contributed by atoms with Crippen LogP contribution in [0.4, 0.5) is 0 Å². The highest BCUT2D eigenvalue weighted by atomic mass is 32.1. The minimum absolute atomic E-state index is 0.442. The Balaban J connectivity index is 2.18. The van der Waals surface area contributed by atoms with Gasteiger partial charge < -0.3 is 5.73 Å². The number of hydrogen-bond acceptors (Lipinski definition) is 1. The molecule has 2 N–H and O–H groups in total. The zero-order chi connectivity index (χ0) is 6.15. The van der Waals surface area contributed by atoms with Crippen molar-refractivity contribution in [1.29, 1.82) is 0 Å². The van der Waals surface area contributed by atoms with Gasteiger partial charge in [0.25, 0.3) is 0 Å². The summed E-state index contributed by atoms with van der Waals surface area (Å²) >= 11 is 3.56. The highest BCUT2D eigenvalue weighted by Crippen LogP contribution is 2.34. The van der Waals surface area contributed by atoms with Crippen molar-refractivity contribution in [1.82, 2.24) is 0 Å². The molecule has 0 heterocycles. The fourth-order valence-electron chi connectivity index (χ4n) is 0.991. The van der Waals surface area contributed by atoms with Crippen molar-refractivity contribution in [2.75, 3.05) is 0 Å². The lowest BCUT2D eigenvalue weighted by atomic mass is 10.1. The van der Waals surface area contributed by atoms with Gasteiger partial charge in [0.1, 0.15) is 5.25 Å². The summed E-state index contributed by atoms with van der Waals surface area (Å²) in [4.78, 5) is 0. The number of hydrogen-bond donors (Lipinski definition) is 1. The second-order valence-electron chi connectivity index (χ2n) is 2.58. The van der Waals surface area contributed by atoms with Gasteiger partial charge in [0.05, 0.1) is 0 Å². The van der Waals surface area contributed by atoms with Crippen LogP contribution in [0, 0.1) is 5.92 Å². The van der Waals surface area contributed by atoms with Crippen molar-refractivity contribution in [3.8, 4) is 0 Å². The van der Waals surface area contributed by atoms with Crippen LogP contribution in [0.25, 0.3) is 0 Å².